The van der Waals surface area contributed by atoms with Crippen LogP contribution in [0, 0.1) is 6.92 Å². The molecule has 0 aliphatic carbocycles. The number of thiol groups is 1. The molecule has 0 aromatic rings. The Morgan fingerprint density at radius 1 is 1.83 bits per heavy atom. The van der Waals surface area contributed by atoms with E-state index >= 15 is 0 Å². The molecule has 0 aromatic heterocycles. The van der Waals surface area contributed by atoms with Gasteiger partial charge in [-0.25, -0.2) is 0 Å². The van der Waals surface area contributed by atoms with Crippen molar-refractivity contribution < 1.29 is 0 Å². The summed E-state index contributed by atoms with van der Waals surface area (Å²) in [6, 6.07) is 0. The minimum absolute atomic E-state index is 0.296. The zero-order valence-electron chi connectivity index (χ0n) is 3.72. The van der Waals surface area contributed by atoms with E-state index in [1.54, 1.807) is 0 Å². The first-order chi connectivity index (χ1) is 2.81. The van der Waals surface area contributed by atoms with Gasteiger partial charge >= 0.3 is 0 Å². The third-order valence-electron chi connectivity index (χ3n) is 0.605. The van der Waals surface area contributed by atoms with E-state index in [0.29, 0.717) is 11.8 Å². The molecule has 2 heteroatoms. The van der Waals surface area contributed by atoms with Gasteiger partial charge in [0.2, 0.25) is 0 Å². The van der Waals surface area contributed by atoms with Crippen LogP contribution in [0.4, 0.5) is 0 Å². The van der Waals surface area contributed by atoms with Crippen molar-refractivity contribution in [1.82, 2.24) is 0 Å². The van der Waals surface area contributed by atoms with E-state index in [1.165, 1.54) is 0 Å². The normalized spacial score (nSPS) is 14.5. The molecule has 0 aliphatic rings. The summed E-state index contributed by atoms with van der Waals surface area (Å²) in [7, 11) is 0. The Hall–Kier alpha value is 0.310. The Balaban J connectivity index is 2.75. The second-order valence-electron chi connectivity index (χ2n) is 1.18. The lowest BCUT2D eigenvalue weighted by Gasteiger charge is -1.98. The van der Waals surface area contributed by atoms with E-state index in [-0.39, 0.29) is 0 Å². The molecule has 0 amide bonds. The quantitative estimate of drug-likeness (QED) is 0.489. The third kappa shape index (κ3) is 2.54. The zero-order valence-corrected chi connectivity index (χ0v) is 4.62. The number of nitrogens with two attached hydrogens (primary N) is 1. The van der Waals surface area contributed by atoms with Gasteiger partial charge in [-0.15, -0.1) is 0 Å². The molecule has 0 aromatic carbocycles. The lowest BCUT2D eigenvalue weighted by Crippen LogP contribution is -2.12. The molecule has 0 spiro atoms. The van der Waals surface area contributed by atoms with Gasteiger partial charge in [-0.3, -0.25) is 0 Å². The number of hydrogen-bond acceptors (Lipinski definition) is 2. The summed E-state index contributed by atoms with van der Waals surface area (Å²) in [5.41, 5.74) is 5.17. The lowest BCUT2D eigenvalue weighted by atomic mass is 10.3. The van der Waals surface area contributed by atoms with Crippen molar-refractivity contribution >= 4 is 12.6 Å². The highest BCUT2D eigenvalue weighted by atomic mass is 32.1. The van der Waals surface area contributed by atoms with Crippen molar-refractivity contribution in [2.45, 2.75) is 11.7 Å². The predicted molar refractivity (Wildman–Crippen MR) is 31.8 cm³/mol. The van der Waals surface area contributed by atoms with Gasteiger partial charge < -0.3 is 5.73 Å². The topological polar surface area (TPSA) is 26.0 Å². The van der Waals surface area contributed by atoms with Crippen molar-refractivity contribution in [2.75, 3.05) is 6.54 Å². The molecule has 37 valence electrons. The maximum atomic E-state index is 5.17. The van der Waals surface area contributed by atoms with E-state index in [4.69, 9.17) is 5.73 Å². The van der Waals surface area contributed by atoms with Gasteiger partial charge in [-0.2, -0.15) is 12.6 Å². The molecule has 0 aliphatic heterocycles. The molecule has 0 saturated heterocycles. The van der Waals surface area contributed by atoms with E-state index < -0.39 is 0 Å². The molecule has 2 N–H and O–H groups in total. The second kappa shape index (κ2) is 3.50. The highest BCUT2D eigenvalue weighted by Crippen LogP contribution is 1.93. The smallest absolute Gasteiger partial charge is 0.0140 e. The Morgan fingerprint density at radius 3 is 2.33 bits per heavy atom. The maximum Gasteiger partial charge on any atom is 0.0140 e. The molecule has 0 heterocycles. The van der Waals surface area contributed by atoms with Gasteiger partial charge in [0.05, 0.1) is 0 Å². The summed E-state index contributed by atoms with van der Waals surface area (Å²) >= 11 is 4.04. The average Bonchev–Trinajstić information content (AvgIpc) is 1.65. The second-order valence-corrected chi connectivity index (χ2v) is 1.91. The first-order valence-corrected chi connectivity index (χ1v) is 2.50. The van der Waals surface area contributed by atoms with Crippen molar-refractivity contribution in [3.05, 3.63) is 6.92 Å². The highest BCUT2D eigenvalue weighted by Gasteiger charge is 1.90. The molecular formula is C4H10NS. The molecule has 0 fully saturated rings. The molecular weight excluding hydrogens is 94.1 g/mol. The average molecular weight is 104 g/mol. The van der Waals surface area contributed by atoms with Crippen LogP contribution in [0.2, 0.25) is 0 Å². The third-order valence-corrected chi connectivity index (χ3v) is 1.07. The van der Waals surface area contributed by atoms with E-state index in [1.807, 2.05) is 0 Å². The lowest BCUT2D eigenvalue weighted by molar-refractivity contribution is 0.880. The van der Waals surface area contributed by atoms with Gasteiger partial charge in [0.25, 0.3) is 0 Å². The van der Waals surface area contributed by atoms with Crippen LogP contribution in [0.15, 0.2) is 0 Å². The van der Waals surface area contributed by atoms with Crippen molar-refractivity contribution in [3.63, 3.8) is 0 Å². The van der Waals surface area contributed by atoms with Crippen LogP contribution in [0.1, 0.15) is 6.42 Å². The van der Waals surface area contributed by atoms with Crippen LogP contribution in [0.25, 0.3) is 0 Å². The Kier molecular flexibility index (Phi) is 3.68. The first-order valence-electron chi connectivity index (χ1n) is 1.98. The fourth-order valence-corrected chi connectivity index (χ4v) is 0.118. The number of rotatable bonds is 2. The van der Waals surface area contributed by atoms with Crippen LogP contribution >= 0.6 is 12.6 Å². The van der Waals surface area contributed by atoms with Crippen LogP contribution in [0.3, 0.4) is 0 Å². The Bertz CT molecular complexity index is 26.7. The highest BCUT2D eigenvalue weighted by molar-refractivity contribution is 7.81. The van der Waals surface area contributed by atoms with Crippen LogP contribution in [-0.4, -0.2) is 11.8 Å². The van der Waals surface area contributed by atoms with Crippen LogP contribution < -0.4 is 5.73 Å². The van der Waals surface area contributed by atoms with E-state index in [9.17, 15) is 0 Å². The van der Waals surface area contributed by atoms with E-state index in [0.717, 1.165) is 6.42 Å². The molecule has 1 radical (unpaired) electrons. The fraction of sp³-hybridized carbons (Fsp3) is 0.750. The SMILES string of the molecule is [CH2]CC(S)CN. The molecule has 1 atom stereocenters. The molecule has 1 nitrogen and oxygen atoms in total. The Labute approximate surface area is 44.3 Å². The summed E-state index contributed by atoms with van der Waals surface area (Å²) in [5.74, 6) is 0. The summed E-state index contributed by atoms with van der Waals surface area (Å²) in [5, 5.41) is 0.296. The zero-order chi connectivity index (χ0) is 4.99. The van der Waals surface area contributed by atoms with Crippen molar-refractivity contribution in [1.29, 1.82) is 0 Å². The van der Waals surface area contributed by atoms with Crippen LogP contribution in [-0.2, 0) is 0 Å². The van der Waals surface area contributed by atoms with Gasteiger partial charge in [0.15, 0.2) is 0 Å². The first kappa shape index (κ1) is 6.31. The summed E-state index contributed by atoms with van der Waals surface area (Å²) in [6.45, 7) is 4.23. The largest absolute Gasteiger partial charge is 0.329 e. The molecule has 6 heavy (non-hydrogen) atoms. The molecule has 0 saturated carbocycles. The minimum Gasteiger partial charge on any atom is -0.329 e. The Morgan fingerprint density at radius 2 is 2.33 bits per heavy atom. The standard InChI is InChI=1S/C4H10NS/c1-2-4(6)3-5/h4,6H,1-3,5H2. The molecule has 1 unspecified atom stereocenters. The maximum absolute atomic E-state index is 5.17. The van der Waals surface area contributed by atoms with Gasteiger partial charge in [0, 0.05) is 11.8 Å². The summed E-state index contributed by atoms with van der Waals surface area (Å²) < 4.78 is 0. The van der Waals surface area contributed by atoms with Crippen molar-refractivity contribution in [3.8, 4) is 0 Å². The van der Waals surface area contributed by atoms with Gasteiger partial charge in [-0.1, -0.05) is 6.92 Å². The van der Waals surface area contributed by atoms with Gasteiger partial charge in [0.1, 0.15) is 0 Å². The summed E-state index contributed by atoms with van der Waals surface area (Å²) in [4.78, 5) is 0. The van der Waals surface area contributed by atoms with Crippen LogP contribution in [0.5, 0.6) is 0 Å². The van der Waals surface area contributed by atoms with E-state index in [2.05, 4.69) is 19.6 Å². The number of hydrogen-bond donors (Lipinski definition) is 2. The minimum atomic E-state index is 0.296. The monoisotopic (exact) mass is 104 g/mol. The molecule has 0 rings (SSSR count). The molecule has 0 bridgehead atoms. The van der Waals surface area contributed by atoms with Gasteiger partial charge in [-0.05, 0) is 6.42 Å². The fourth-order valence-electron chi connectivity index (χ4n) is 0.118. The predicted octanol–water partition coefficient (Wildman–Crippen LogP) is 0.468. The summed E-state index contributed by atoms with van der Waals surface area (Å²) in [6.07, 6.45) is 0.819. The van der Waals surface area contributed by atoms with Crippen molar-refractivity contribution in [2.24, 2.45) is 5.73 Å².